The highest BCUT2D eigenvalue weighted by Crippen LogP contribution is 2.19. The fourth-order valence-electron chi connectivity index (χ4n) is 1.16. The van der Waals surface area contributed by atoms with Gasteiger partial charge in [0.15, 0.2) is 0 Å². The summed E-state index contributed by atoms with van der Waals surface area (Å²) in [7, 11) is 0. The Morgan fingerprint density at radius 1 is 1.43 bits per heavy atom. The zero-order valence-electron chi connectivity index (χ0n) is 8.03. The third-order valence-corrected chi connectivity index (χ3v) is 2.60. The van der Waals surface area contributed by atoms with Crippen LogP contribution >= 0.6 is 15.9 Å². The van der Waals surface area contributed by atoms with Gasteiger partial charge in [0.05, 0.1) is 6.10 Å². The van der Waals surface area contributed by atoms with E-state index >= 15 is 0 Å². The second-order valence-electron chi connectivity index (χ2n) is 3.16. The van der Waals surface area contributed by atoms with Crippen LogP contribution in [0, 0.1) is 0 Å². The maximum atomic E-state index is 11.1. The highest BCUT2D eigenvalue weighted by Gasteiger charge is 2.10. The van der Waals surface area contributed by atoms with E-state index in [9.17, 15) is 9.90 Å². The van der Waals surface area contributed by atoms with Crippen molar-refractivity contribution in [2.75, 3.05) is 0 Å². The minimum absolute atomic E-state index is 0.0837. The Balaban J connectivity index is 2.65. The third kappa shape index (κ3) is 3.24. The minimum Gasteiger partial charge on any atom is -0.388 e. The summed E-state index contributed by atoms with van der Waals surface area (Å²) in [6, 6.07) is 7.35. The molecule has 0 amide bonds. The Morgan fingerprint density at radius 3 is 2.50 bits per heavy atom. The molecule has 0 aliphatic carbocycles. The zero-order valence-corrected chi connectivity index (χ0v) is 9.62. The van der Waals surface area contributed by atoms with Gasteiger partial charge in [-0.2, -0.15) is 0 Å². The average Bonchev–Trinajstić information content (AvgIpc) is 2.18. The van der Waals surface area contributed by atoms with Crippen molar-refractivity contribution >= 4 is 21.7 Å². The van der Waals surface area contributed by atoms with Crippen LogP contribution in [0.15, 0.2) is 28.7 Å². The first kappa shape index (κ1) is 11.4. The van der Waals surface area contributed by atoms with E-state index in [4.69, 9.17) is 0 Å². The van der Waals surface area contributed by atoms with Crippen molar-refractivity contribution in [3.63, 3.8) is 0 Å². The first-order chi connectivity index (χ1) is 6.63. The van der Waals surface area contributed by atoms with Crippen LogP contribution in [0.2, 0.25) is 0 Å². The van der Waals surface area contributed by atoms with E-state index < -0.39 is 6.10 Å². The van der Waals surface area contributed by atoms with Crippen LogP contribution in [0.4, 0.5) is 0 Å². The molecular weight excluding hydrogens is 244 g/mol. The molecule has 0 aromatic heterocycles. The SMILES string of the molecule is CCC(=O)CC(O)c1ccc(Br)cc1. The second-order valence-corrected chi connectivity index (χ2v) is 4.08. The highest BCUT2D eigenvalue weighted by molar-refractivity contribution is 9.10. The molecule has 0 aliphatic heterocycles. The van der Waals surface area contributed by atoms with Gasteiger partial charge in [0, 0.05) is 17.3 Å². The lowest BCUT2D eigenvalue weighted by molar-refractivity contribution is -0.120. The topological polar surface area (TPSA) is 37.3 Å². The van der Waals surface area contributed by atoms with Crippen molar-refractivity contribution in [3.8, 4) is 0 Å². The lowest BCUT2D eigenvalue weighted by atomic mass is 10.0. The van der Waals surface area contributed by atoms with Gasteiger partial charge in [0.2, 0.25) is 0 Å². The Hall–Kier alpha value is -0.670. The van der Waals surface area contributed by atoms with Crippen molar-refractivity contribution in [2.45, 2.75) is 25.9 Å². The van der Waals surface area contributed by atoms with Crippen LogP contribution in [0.5, 0.6) is 0 Å². The molecule has 1 atom stereocenters. The standard InChI is InChI=1S/C11H13BrO2/c1-2-10(13)7-11(14)8-3-5-9(12)6-4-8/h3-6,11,14H,2,7H2,1H3. The summed E-state index contributed by atoms with van der Waals surface area (Å²) in [6.07, 6.45) is 0.0154. The van der Waals surface area contributed by atoms with E-state index in [2.05, 4.69) is 15.9 Å². The maximum absolute atomic E-state index is 11.1. The van der Waals surface area contributed by atoms with Crippen LogP contribution in [-0.4, -0.2) is 10.9 Å². The normalized spacial score (nSPS) is 12.5. The van der Waals surface area contributed by atoms with E-state index in [1.165, 1.54) is 0 Å². The first-order valence-electron chi connectivity index (χ1n) is 4.58. The number of carbonyl (C=O) groups is 1. The third-order valence-electron chi connectivity index (χ3n) is 2.07. The van der Waals surface area contributed by atoms with E-state index in [1.807, 2.05) is 24.3 Å². The summed E-state index contributed by atoms with van der Waals surface area (Å²) >= 11 is 3.31. The van der Waals surface area contributed by atoms with Gasteiger partial charge in [0.25, 0.3) is 0 Å². The quantitative estimate of drug-likeness (QED) is 0.900. The van der Waals surface area contributed by atoms with Gasteiger partial charge < -0.3 is 5.11 Å². The Morgan fingerprint density at radius 2 is 2.00 bits per heavy atom. The molecule has 76 valence electrons. The van der Waals surface area contributed by atoms with Gasteiger partial charge in [0.1, 0.15) is 5.78 Å². The van der Waals surface area contributed by atoms with E-state index in [0.717, 1.165) is 10.0 Å². The summed E-state index contributed by atoms with van der Waals surface area (Å²) < 4.78 is 0.968. The Kier molecular flexibility index (Phi) is 4.29. The number of rotatable bonds is 4. The smallest absolute Gasteiger partial charge is 0.135 e. The lowest BCUT2D eigenvalue weighted by Crippen LogP contribution is -2.05. The summed E-state index contributed by atoms with van der Waals surface area (Å²) in [5.41, 5.74) is 0.787. The van der Waals surface area contributed by atoms with E-state index in [0.29, 0.717) is 6.42 Å². The van der Waals surface area contributed by atoms with E-state index in [1.54, 1.807) is 6.92 Å². The van der Waals surface area contributed by atoms with Crippen molar-refractivity contribution in [3.05, 3.63) is 34.3 Å². The molecular formula is C11H13BrO2. The van der Waals surface area contributed by atoms with Crippen LogP contribution in [-0.2, 0) is 4.79 Å². The van der Waals surface area contributed by atoms with Crippen LogP contribution in [0.1, 0.15) is 31.4 Å². The van der Waals surface area contributed by atoms with Gasteiger partial charge in [-0.15, -0.1) is 0 Å². The molecule has 0 heterocycles. The lowest BCUT2D eigenvalue weighted by Gasteiger charge is -2.09. The molecule has 1 rings (SSSR count). The number of hydrogen-bond donors (Lipinski definition) is 1. The Labute approximate surface area is 92.1 Å². The monoisotopic (exact) mass is 256 g/mol. The zero-order chi connectivity index (χ0) is 10.6. The number of aliphatic hydroxyl groups excluding tert-OH is 1. The predicted octanol–water partition coefficient (Wildman–Crippen LogP) is 2.85. The number of benzene rings is 1. The minimum atomic E-state index is -0.671. The molecule has 0 fully saturated rings. The van der Waals surface area contributed by atoms with Gasteiger partial charge in [-0.25, -0.2) is 0 Å². The van der Waals surface area contributed by atoms with Crippen LogP contribution in [0.3, 0.4) is 0 Å². The molecule has 0 radical (unpaired) electrons. The van der Waals surface area contributed by atoms with Crippen LogP contribution in [0.25, 0.3) is 0 Å². The first-order valence-corrected chi connectivity index (χ1v) is 5.38. The average molecular weight is 257 g/mol. The molecule has 0 aliphatic rings. The van der Waals surface area contributed by atoms with Gasteiger partial charge in [-0.3, -0.25) is 4.79 Å². The number of ketones is 1. The fraction of sp³-hybridized carbons (Fsp3) is 0.364. The molecule has 14 heavy (non-hydrogen) atoms. The number of halogens is 1. The summed E-state index contributed by atoms with van der Waals surface area (Å²) in [6.45, 7) is 1.80. The van der Waals surface area contributed by atoms with Crippen molar-refractivity contribution in [1.29, 1.82) is 0 Å². The van der Waals surface area contributed by atoms with Crippen molar-refractivity contribution in [1.82, 2.24) is 0 Å². The summed E-state index contributed by atoms with van der Waals surface area (Å²) in [5.74, 6) is 0.0837. The number of Topliss-reactive ketones (excluding diaryl/α,β-unsaturated/α-hetero) is 1. The van der Waals surface area contributed by atoms with Crippen LogP contribution < -0.4 is 0 Å². The molecule has 1 N–H and O–H groups in total. The highest BCUT2D eigenvalue weighted by atomic mass is 79.9. The second kappa shape index (κ2) is 5.27. The van der Waals surface area contributed by atoms with Gasteiger partial charge >= 0.3 is 0 Å². The molecule has 3 heteroatoms. The van der Waals surface area contributed by atoms with Crippen molar-refractivity contribution < 1.29 is 9.90 Å². The molecule has 0 bridgehead atoms. The maximum Gasteiger partial charge on any atom is 0.135 e. The number of carbonyl (C=O) groups excluding carboxylic acids is 1. The molecule has 0 spiro atoms. The molecule has 1 aromatic carbocycles. The molecule has 0 saturated carbocycles. The number of hydrogen-bond acceptors (Lipinski definition) is 2. The van der Waals surface area contributed by atoms with Crippen molar-refractivity contribution in [2.24, 2.45) is 0 Å². The predicted molar refractivity (Wildman–Crippen MR) is 59.0 cm³/mol. The number of aliphatic hydroxyl groups is 1. The fourth-order valence-corrected chi connectivity index (χ4v) is 1.43. The molecule has 1 aromatic rings. The molecule has 2 nitrogen and oxygen atoms in total. The molecule has 0 saturated heterocycles. The van der Waals surface area contributed by atoms with Gasteiger partial charge in [-0.05, 0) is 17.7 Å². The van der Waals surface area contributed by atoms with Gasteiger partial charge in [-0.1, -0.05) is 35.0 Å². The summed E-state index contributed by atoms with van der Waals surface area (Å²) in [5, 5.41) is 9.68. The largest absolute Gasteiger partial charge is 0.388 e. The Bertz CT molecular complexity index is 306. The molecule has 1 unspecified atom stereocenters. The summed E-state index contributed by atoms with van der Waals surface area (Å²) in [4.78, 5) is 11.1. The van der Waals surface area contributed by atoms with E-state index in [-0.39, 0.29) is 12.2 Å².